The summed E-state index contributed by atoms with van der Waals surface area (Å²) in [6, 6.07) is -0.269. The monoisotopic (exact) mass is 278 g/mol. The molecule has 106 valence electrons. The number of nitrogens with one attached hydrogen (secondary N) is 1. The second-order valence-electron chi connectivity index (χ2n) is 4.32. The van der Waals surface area contributed by atoms with Gasteiger partial charge in [0.2, 0.25) is 11.6 Å². The number of nitrogens with two attached hydrogens (primary N) is 1. The number of hydrogen-bond acceptors (Lipinski definition) is 8. The van der Waals surface area contributed by atoms with Gasteiger partial charge in [0.1, 0.15) is 12.1 Å². The average Bonchev–Trinajstić information content (AvgIpc) is 2.68. The number of hydrogen-bond donors (Lipinski definition) is 2. The quantitative estimate of drug-likeness (QED) is 0.638. The molecule has 3 N–H and O–H groups in total. The predicted molar refractivity (Wildman–Crippen MR) is 71.1 cm³/mol. The minimum atomic E-state index is -0.613. The molecule has 9 heteroatoms. The van der Waals surface area contributed by atoms with Gasteiger partial charge in [-0.1, -0.05) is 5.16 Å². The third-order valence-electron chi connectivity index (χ3n) is 2.91. The zero-order valence-electron chi connectivity index (χ0n) is 11.2. The Morgan fingerprint density at radius 1 is 1.45 bits per heavy atom. The van der Waals surface area contributed by atoms with Gasteiger partial charge in [0, 0.05) is 5.56 Å². The van der Waals surface area contributed by atoms with Crippen molar-refractivity contribution in [2.24, 2.45) is 0 Å². The van der Waals surface area contributed by atoms with Gasteiger partial charge in [-0.15, -0.1) is 0 Å². The van der Waals surface area contributed by atoms with E-state index in [-0.39, 0.29) is 23.4 Å². The van der Waals surface area contributed by atoms with Crippen LogP contribution in [0.5, 0.6) is 0 Å². The summed E-state index contributed by atoms with van der Waals surface area (Å²) in [4.78, 5) is 17.9. The number of nitrogen functional groups attached to an aromatic ring is 1. The zero-order chi connectivity index (χ0) is 14.9. The highest BCUT2D eigenvalue weighted by atomic mass is 16.6. The second kappa shape index (κ2) is 5.11. The third kappa shape index (κ3) is 2.37. The summed E-state index contributed by atoms with van der Waals surface area (Å²) in [5.41, 5.74) is 6.72. The molecular formula is C11H14N6O3. The Morgan fingerprint density at radius 2 is 2.15 bits per heavy atom. The molecule has 2 heterocycles. The first-order valence-electron chi connectivity index (χ1n) is 5.86. The first-order valence-corrected chi connectivity index (χ1v) is 5.86. The number of aromatic nitrogens is 3. The summed E-state index contributed by atoms with van der Waals surface area (Å²) in [5.74, 6) is 0.528. The van der Waals surface area contributed by atoms with Crippen LogP contribution in [0.15, 0.2) is 10.9 Å². The van der Waals surface area contributed by atoms with Crippen molar-refractivity contribution in [1.29, 1.82) is 0 Å². The van der Waals surface area contributed by atoms with E-state index in [1.54, 1.807) is 13.8 Å². The van der Waals surface area contributed by atoms with Crippen LogP contribution in [0, 0.1) is 24.0 Å². The van der Waals surface area contributed by atoms with Gasteiger partial charge in [-0.05, 0) is 20.8 Å². The Bertz CT molecular complexity index is 634. The first kappa shape index (κ1) is 13.7. The summed E-state index contributed by atoms with van der Waals surface area (Å²) in [6.45, 7) is 5.40. The van der Waals surface area contributed by atoms with E-state index in [0.29, 0.717) is 11.5 Å². The van der Waals surface area contributed by atoms with Crippen LogP contribution in [-0.2, 0) is 0 Å². The molecule has 9 nitrogen and oxygen atoms in total. The van der Waals surface area contributed by atoms with E-state index in [0.717, 1.165) is 5.56 Å². The van der Waals surface area contributed by atoms with Crippen molar-refractivity contribution in [1.82, 2.24) is 15.1 Å². The van der Waals surface area contributed by atoms with Crippen LogP contribution in [0.4, 0.5) is 17.3 Å². The predicted octanol–water partition coefficient (Wildman–Crippen LogP) is 1.74. The maximum absolute atomic E-state index is 11.0. The molecule has 2 aromatic heterocycles. The van der Waals surface area contributed by atoms with E-state index >= 15 is 0 Å². The van der Waals surface area contributed by atoms with Gasteiger partial charge in [-0.25, -0.2) is 9.97 Å². The molecule has 1 atom stereocenters. The minimum Gasteiger partial charge on any atom is -0.378 e. The van der Waals surface area contributed by atoms with Crippen molar-refractivity contribution in [3.05, 3.63) is 33.5 Å². The summed E-state index contributed by atoms with van der Waals surface area (Å²) in [5, 5.41) is 17.8. The first-order chi connectivity index (χ1) is 9.41. The summed E-state index contributed by atoms with van der Waals surface area (Å²) >= 11 is 0. The fraction of sp³-hybridized carbons (Fsp3) is 0.364. The highest BCUT2D eigenvalue weighted by Gasteiger charge is 2.24. The lowest BCUT2D eigenvalue weighted by molar-refractivity contribution is -0.383. The lowest BCUT2D eigenvalue weighted by Crippen LogP contribution is -2.12. The van der Waals surface area contributed by atoms with Crippen LogP contribution in [0.3, 0.4) is 0 Å². The number of aryl methyl sites for hydroxylation is 2. The molecule has 2 aromatic rings. The second-order valence-corrected chi connectivity index (χ2v) is 4.32. The van der Waals surface area contributed by atoms with Crippen molar-refractivity contribution in [2.75, 3.05) is 11.1 Å². The van der Waals surface area contributed by atoms with Crippen LogP contribution < -0.4 is 11.1 Å². The zero-order valence-corrected chi connectivity index (χ0v) is 11.2. The fourth-order valence-electron chi connectivity index (χ4n) is 2.06. The van der Waals surface area contributed by atoms with Crippen LogP contribution >= 0.6 is 0 Å². The summed E-state index contributed by atoms with van der Waals surface area (Å²) < 4.78 is 5.07. The third-order valence-corrected chi connectivity index (χ3v) is 2.91. The maximum Gasteiger partial charge on any atom is 0.353 e. The van der Waals surface area contributed by atoms with Crippen LogP contribution in [0.2, 0.25) is 0 Å². The molecule has 0 bridgehead atoms. The standard InChI is InChI=1S/C11H14N6O3/c1-5(8-6(2)16-20-7(8)3)15-11-9(17(18)19)10(12)13-4-14-11/h4-5H,1-3H3,(H3,12,13,14,15). The van der Waals surface area contributed by atoms with Gasteiger partial charge in [-0.3, -0.25) is 10.1 Å². The van der Waals surface area contributed by atoms with Crippen molar-refractivity contribution in [3.63, 3.8) is 0 Å². The highest BCUT2D eigenvalue weighted by molar-refractivity contribution is 5.67. The van der Waals surface area contributed by atoms with E-state index in [1.807, 2.05) is 6.92 Å². The summed E-state index contributed by atoms with van der Waals surface area (Å²) in [6.07, 6.45) is 1.17. The number of nitro groups is 1. The van der Waals surface area contributed by atoms with Gasteiger partial charge in [-0.2, -0.15) is 0 Å². The van der Waals surface area contributed by atoms with Crippen molar-refractivity contribution >= 4 is 17.3 Å². The largest absolute Gasteiger partial charge is 0.378 e. The Hall–Kier alpha value is -2.71. The maximum atomic E-state index is 11.0. The molecule has 0 spiro atoms. The Morgan fingerprint density at radius 3 is 2.70 bits per heavy atom. The van der Waals surface area contributed by atoms with E-state index in [1.165, 1.54) is 6.33 Å². The van der Waals surface area contributed by atoms with Crippen molar-refractivity contribution in [2.45, 2.75) is 26.8 Å². The molecule has 0 saturated carbocycles. The molecule has 2 rings (SSSR count). The fourth-order valence-corrected chi connectivity index (χ4v) is 2.06. The van der Waals surface area contributed by atoms with Crippen molar-refractivity contribution < 1.29 is 9.45 Å². The molecule has 0 radical (unpaired) electrons. The lowest BCUT2D eigenvalue weighted by Gasteiger charge is -2.14. The Kier molecular flexibility index (Phi) is 3.51. The molecule has 1 unspecified atom stereocenters. The Balaban J connectivity index is 2.36. The van der Waals surface area contributed by atoms with Crippen LogP contribution in [0.25, 0.3) is 0 Å². The number of anilines is 2. The lowest BCUT2D eigenvalue weighted by atomic mass is 10.1. The van der Waals surface area contributed by atoms with Gasteiger partial charge < -0.3 is 15.6 Å². The van der Waals surface area contributed by atoms with Gasteiger partial charge in [0.05, 0.1) is 16.7 Å². The van der Waals surface area contributed by atoms with Crippen LogP contribution in [0.1, 0.15) is 30.0 Å². The smallest absolute Gasteiger partial charge is 0.353 e. The molecule has 0 aliphatic rings. The molecular weight excluding hydrogens is 264 g/mol. The van der Waals surface area contributed by atoms with Crippen LogP contribution in [-0.4, -0.2) is 20.0 Å². The number of rotatable bonds is 4. The molecule has 0 aliphatic heterocycles. The van der Waals surface area contributed by atoms with E-state index < -0.39 is 4.92 Å². The summed E-state index contributed by atoms with van der Waals surface area (Å²) in [7, 11) is 0. The van der Waals surface area contributed by atoms with Gasteiger partial charge >= 0.3 is 5.69 Å². The SMILES string of the molecule is Cc1noc(C)c1C(C)Nc1ncnc(N)c1[N+](=O)[O-]. The van der Waals surface area contributed by atoms with E-state index in [2.05, 4.69) is 20.4 Å². The normalized spacial score (nSPS) is 12.2. The molecule has 20 heavy (non-hydrogen) atoms. The average molecular weight is 278 g/mol. The Labute approximate surface area is 114 Å². The van der Waals surface area contributed by atoms with Crippen molar-refractivity contribution in [3.8, 4) is 0 Å². The molecule has 0 aliphatic carbocycles. The minimum absolute atomic E-state index is 0.0648. The van der Waals surface area contributed by atoms with E-state index in [4.69, 9.17) is 10.3 Å². The van der Waals surface area contributed by atoms with E-state index in [9.17, 15) is 10.1 Å². The molecule has 0 fully saturated rings. The van der Waals surface area contributed by atoms with Gasteiger partial charge in [0.15, 0.2) is 0 Å². The highest BCUT2D eigenvalue weighted by Crippen LogP contribution is 2.31. The molecule has 0 saturated heterocycles. The number of nitrogens with zero attached hydrogens (tertiary/aromatic N) is 4. The van der Waals surface area contributed by atoms with Gasteiger partial charge in [0.25, 0.3) is 0 Å². The molecule has 0 aromatic carbocycles. The molecule has 0 amide bonds. The topological polar surface area (TPSA) is 133 Å².